The molecule has 2 heterocycles. The standard InChI is InChI=1S/C17H21ClN2O5/c1-19(10-16(21)22)8-13-9-20(4-5-24-13)17(23)15-7-11-6-12(18)2-3-14(11)25-15/h2-3,6,13,15H,4-5,7-10H2,1H3,(H,21,22). The fourth-order valence-electron chi connectivity index (χ4n) is 3.23. The molecule has 1 amide bonds. The van der Waals surface area contributed by atoms with E-state index < -0.39 is 12.1 Å². The van der Waals surface area contributed by atoms with Gasteiger partial charge in [-0.2, -0.15) is 0 Å². The first-order valence-corrected chi connectivity index (χ1v) is 8.56. The van der Waals surface area contributed by atoms with E-state index in [2.05, 4.69) is 0 Å². The highest BCUT2D eigenvalue weighted by atomic mass is 35.5. The van der Waals surface area contributed by atoms with Crippen molar-refractivity contribution in [3.63, 3.8) is 0 Å². The van der Waals surface area contributed by atoms with Gasteiger partial charge >= 0.3 is 5.97 Å². The Morgan fingerprint density at radius 2 is 2.24 bits per heavy atom. The molecule has 0 bridgehead atoms. The van der Waals surface area contributed by atoms with Gasteiger partial charge in [-0.3, -0.25) is 14.5 Å². The third-order valence-electron chi connectivity index (χ3n) is 4.34. The van der Waals surface area contributed by atoms with Crippen LogP contribution >= 0.6 is 11.6 Å². The molecule has 8 heteroatoms. The van der Waals surface area contributed by atoms with E-state index in [1.807, 2.05) is 6.07 Å². The van der Waals surface area contributed by atoms with Crippen molar-refractivity contribution in [2.45, 2.75) is 18.6 Å². The molecule has 0 radical (unpaired) electrons. The van der Waals surface area contributed by atoms with Gasteiger partial charge in [-0.1, -0.05) is 11.6 Å². The number of halogens is 1. The SMILES string of the molecule is CN(CC(=O)O)CC1CN(C(=O)C2Cc3cc(Cl)ccc3O2)CCO1. The average Bonchev–Trinajstić information content (AvgIpc) is 2.96. The maximum Gasteiger partial charge on any atom is 0.317 e. The monoisotopic (exact) mass is 368 g/mol. The van der Waals surface area contributed by atoms with Crippen molar-refractivity contribution in [3.8, 4) is 5.75 Å². The van der Waals surface area contributed by atoms with Gasteiger partial charge in [0.15, 0.2) is 6.10 Å². The number of ether oxygens (including phenoxy) is 2. The molecule has 2 aliphatic rings. The normalized spacial score (nSPS) is 22.6. The number of carboxylic acid groups (broad SMARTS) is 1. The topological polar surface area (TPSA) is 79.3 Å². The Labute approximate surface area is 151 Å². The summed E-state index contributed by atoms with van der Waals surface area (Å²) in [6.45, 7) is 1.77. The molecule has 25 heavy (non-hydrogen) atoms. The highest BCUT2D eigenvalue weighted by Crippen LogP contribution is 2.31. The van der Waals surface area contributed by atoms with Gasteiger partial charge in [-0.15, -0.1) is 0 Å². The van der Waals surface area contributed by atoms with E-state index in [4.69, 9.17) is 26.2 Å². The van der Waals surface area contributed by atoms with E-state index >= 15 is 0 Å². The smallest absolute Gasteiger partial charge is 0.317 e. The Hall–Kier alpha value is -1.83. The highest BCUT2D eigenvalue weighted by molar-refractivity contribution is 6.30. The van der Waals surface area contributed by atoms with Crippen LogP contribution in [0.3, 0.4) is 0 Å². The van der Waals surface area contributed by atoms with Crippen molar-refractivity contribution in [1.82, 2.24) is 9.80 Å². The zero-order chi connectivity index (χ0) is 18.0. The number of fused-ring (bicyclic) bond motifs is 1. The molecule has 7 nitrogen and oxygen atoms in total. The third kappa shape index (κ3) is 4.42. The lowest BCUT2D eigenvalue weighted by atomic mass is 10.1. The molecule has 2 unspecified atom stereocenters. The van der Waals surface area contributed by atoms with Gasteiger partial charge in [0.1, 0.15) is 5.75 Å². The van der Waals surface area contributed by atoms with E-state index in [9.17, 15) is 9.59 Å². The fourth-order valence-corrected chi connectivity index (χ4v) is 3.43. The predicted molar refractivity (Wildman–Crippen MR) is 91.0 cm³/mol. The summed E-state index contributed by atoms with van der Waals surface area (Å²) < 4.78 is 11.4. The number of carbonyl (C=O) groups is 2. The van der Waals surface area contributed by atoms with Crippen molar-refractivity contribution in [2.75, 3.05) is 39.8 Å². The van der Waals surface area contributed by atoms with Crippen molar-refractivity contribution in [3.05, 3.63) is 28.8 Å². The van der Waals surface area contributed by atoms with Gasteiger partial charge in [0.05, 0.1) is 19.3 Å². The van der Waals surface area contributed by atoms with Crippen LogP contribution in [0.2, 0.25) is 5.02 Å². The summed E-state index contributed by atoms with van der Waals surface area (Å²) in [5.74, 6) is -0.253. The van der Waals surface area contributed by atoms with Crippen LogP contribution in [0.4, 0.5) is 0 Å². The number of amides is 1. The number of rotatable bonds is 5. The first-order valence-electron chi connectivity index (χ1n) is 8.18. The lowest BCUT2D eigenvalue weighted by Crippen LogP contribution is -2.52. The van der Waals surface area contributed by atoms with E-state index in [-0.39, 0.29) is 18.6 Å². The molecule has 2 aliphatic heterocycles. The van der Waals surface area contributed by atoms with E-state index in [1.165, 1.54) is 0 Å². The van der Waals surface area contributed by atoms with Crippen LogP contribution in [-0.4, -0.2) is 78.8 Å². The molecule has 0 spiro atoms. The van der Waals surface area contributed by atoms with Crippen LogP contribution < -0.4 is 4.74 Å². The molecular weight excluding hydrogens is 348 g/mol. The molecule has 1 aromatic carbocycles. The van der Waals surface area contributed by atoms with Crippen LogP contribution in [0.5, 0.6) is 5.75 Å². The number of nitrogens with zero attached hydrogens (tertiary/aromatic N) is 2. The Kier molecular flexibility index (Phi) is 5.46. The number of hydrogen-bond donors (Lipinski definition) is 1. The Morgan fingerprint density at radius 1 is 1.44 bits per heavy atom. The van der Waals surface area contributed by atoms with Gasteiger partial charge in [0, 0.05) is 31.1 Å². The minimum Gasteiger partial charge on any atom is -0.480 e. The number of benzene rings is 1. The molecule has 1 N–H and O–H groups in total. The van der Waals surface area contributed by atoms with Gasteiger partial charge in [-0.25, -0.2) is 0 Å². The number of likely N-dealkylation sites (N-methyl/N-ethyl adjacent to an activating group) is 1. The maximum atomic E-state index is 12.8. The van der Waals surface area contributed by atoms with Gasteiger partial charge in [0.25, 0.3) is 5.91 Å². The zero-order valence-corrected chi connectivity index (χ0v) is 14.7. The largest absolute Gasteiger partial charge is 0.480 e. The van der Waals surface area contributed by atoms with Gasteiger partial charge in [0.2, 0.25) is 0 Å². The lowest BCUT2D eigenvalue weighted by Gasteiger charge is -2.35. The summed E-state index contributed by atoms with van der Waals surface area (Å²) in [4.78, 5) is 26.9. The lowest BCUT2D eigenvalue weighted by molar-refractivity contribution is -0.147. The minimum absolute atomic E-state index is 0.0599. The summed E-state index contributed by atoms with van der Waals surface area (Å²) in [6.07, 6.45) is -0.236. The van der Waals surface area contributed by atoms with Crippen LogP contribution in [0.25, 0.3) is 0 Å². The predicted octanol–water partition coefficient (Wildman–Crippen LogP) is 0.887. The molecular formula is C17H21ClN2O5. The number of aliphatic carboxylic acids is 1. The number of morpholine rings is 1. The van der Waals surface area contributed by atoms with Crippen LogP contribution in [-0.2, 0) is 20.7 Å². The first-order chi connectivity index (χ1) is 11.9. The molecule has 0 aromatic heterocycles. The Morgan fingerprint density at radius 3 is 3.00 bits per heavy atom. The van der Waals surface area contributed by atoms with E-state index in [0.717, 1.165) is 5.56 Å². The molecule has 0 aliphatic carbocycles. The second-order valence-electron chi connectivity index (χ2n) is 6.43. The molecule has 1 aromatic rings. The van der Waals surface area contributed by atoms with E-state index in [0.29, 0.717) is 43.4 Å². The Bertz CT molecular complexity index is 668. The third-order valence-corrected chi connectivity index (χ3v) is 4.58. The van der Waals surface area contributed by atoms with Gasteiger partial charge < -0.3 is 19.5 Å². The quantitative estimate of drug-likeness (QED) is 0.831. The van der Waals surface area contributed by atoms with Crippen molar-refractivity contribution in [1.29, 1.82) is 0 Å². The first kappa shape index (κ1) is 18.0. The van der Waals surface area contributed by atoms with Crippen molar-refractivity contribution < 1.29 is 24.2 Å². The van der Waals surface area contributed by atoms with E-state index in [1.54, 1.807) is 29.0 Å². The van der Waals surface area contributed by atoms with Crippen LogP contribution in [0.15, 0.2) is 18.2 Å². The maximum absolute atomic E-state index is 12.8. The molecule has 1 fully saturated rings. The summed E-state index contributed by atoms with van der Waals surface area (Å²) in [5, 5.41) is 9.46. The van der Waals surface area contributed by atoms with Crippen molar-refractivity contribution >= 4 is 23.5 Å². The number of carbonyl (C=O) groups excluding carboxylic acids is 1. The zero-order valence-electron chi connectivity index (χ0n) is 14.0. The average molecular weight is 369 g/mol. The highest BCUT2D eigenvalue weighted by Gasteiger charge is 2.35. The minimum atomic E-state index is -0.887. The summed E-state index contributed by atoms with van der Waals surface area (Å²) >= 11 is 5.99. The fraction of sp³-hybridized carbons (Fsp3) is 0.529. The number of hydrogen-bond acceptors (Lipinski definition) is 5. The van der Waals surface area contributed by atoms with Crippen LogP contribution in [0.1, 0.15) is 5.56 Å². The molecule has 1 saturated heterocycles. The summed E-state index contributed by atoms with van der Waals surface area (Å²) in [7, 11) is 1.72. The van der Waals surface area contributed by atoms with Crippen LogP contribution in [0, 0.1) is 0 Å². The summed E-state index contributed by atoms with van der Waals surface area (Å²) in [5.41, 5.74) is 0.942. The second kappa shape index (κ2) is 7.59. The number of carboxylic acids is 1. The summed E-state index contributed by atoms with van der Waals surface area (Å²) in [6, 6.07) is 5.36. The molecule has 0 saturated carbocycles. The molecule has 2 atom stereocenters. The van der Waals surface area contributed by atoms with Gasteiger partial charge in [-0.05, 0) is 30.8 Å². The molecule has 3 rings (SSSR count). The Balaban J connectivity index is 1.57. The second-order valence-corrected chi connectivity index (χ2v) is 6.87. The van der Waals surface area contributed by atoms with Crippen molar-refractivity contribution in [2.24, 2.45) is 0 Å². The molecule has 136 valence electrons.